The molecule has 1 saturated carbocycles. The predicted octanol–water partition coefficient (Wildman–Crippen LogP) is 2.42. The second kappa shape index (κ2) is 5.82. The van der Waals surface area contributed by atoms with E-state index in [1.807, 2.05) is 13.0 Å². The first-order chi connectivity index (χ1) is 8.66. The molecule has 0 bridgehead atoms. The van der Waals surface area contributed by atoms with Gasteiger partial charge in [0.15, 0.2) is 5.75 Å². The number of rotatable bonds is 7. The van der Waals surface area contributed by atoms with Crippen molar-refractivity contribution in [2.24, 2.45) is 0 Å². The highest BCUT2D eigenvalue weighted by molar-refractivity contribution is 5.48. The Labute approximate surface area is 106 Å². The molecule has 0 spiro atoms. The van der Waals surface area contributed by atoms with Gasteiger partial charge in [-0.25, -0.2) is 0 Å². The molecule has 0 aliphatic heterocycles. The Kier molecular flexibility index (Phi) is 4.15. The molecule has 98 valence electrons. The van der Waals surface area contributed by atoms with Crippen LogP contribution in [0.25, 0.3) is 0 Å². The zero-order chi connectivity index (χ0) is 13.0. The molecule has 18 heavy (non-hydrogen) atoms. The fourth-order valence-electron chi connectivity index (χ4n) is 1.74. The highest BCUT2D eigenvalue weighted by atomic mass is 16.6. The Morgan fingerprint density at radius 1 is 1.50 bits per heavy atom. The van der Waals surface area contributed by atoms with Gasteiger partial charge in [0.05, 0.1) is 11.5 Å². The molecular formula is C13H18N2O3. The minimum atomic E-state index is -0.398. The number of ether oxygens (including phenoxy) is 1. The summed E-state index contributed by atoms with van der Waals surface area (Å²) >= 11 is 0. The number of hydrogen-bond acceptors (Lipinski definition) is 4. The molecule has 0 amide bonds. The first-order valence-corrected chi connectivity index (χ1v) is 6.28. The lowest BCUT2D eigenvalue weighted by Crippen LogP contribution is -2.19. The minimum Gasteiger partial charge on any atom is -0.487 e. The zero-order valence-electron chi connectivity index (χ0n) is 10.5. The van der Waals surface area contributed by atoms with E-state index in [0.29, 0.717) is 18.4 Å². The summed E-state index contributed by atoms with van der Waals surface area (Å²) in [6.45, 7) is 3.24. The molecule has 0 heterocycles. The second-order valence-electron chi connectivity index (χ2n) is 4.66. The number of nitro groups is 1. The van der Waals surface area contributed by atoms with Crippen molar-refractivity contribution in [3.05, 3.63) is 33.9 Å². The number of benzene rings is 1. The van der Waals surface area contributed by atoms with Crippen molar-refractivity contribution in [1.82, 2.24) is 5.32 Å². The molecule has 5 heteroatoms. The van der Waals surface area contributed by atoms with Crippen molar-refractivity contribution in [1.29, 1.82) is 0 Å². The number of nitrogens with one attached hydrogen (secondary N) is 1. The van der Waals surface area contributed by atoms with Gasteiger partial charge in [-0.05, 0) is 44.4 Å². The third kappa shape index (κ3) is 3.70. The van der Waals surface area contributed by atoms with Crippen LogP contribution in [0.5, 0.6) is 5.75 Å². The van der Waals surface area contributed by atoms with E-state index in [2.05, 4.69) is 5.32 Å². The van der Waals surface area contributed by atoms with Crippen LogP contribution in [0.3, 0.4) is 0 Å². The zero-order valence-corrected chi connectivity index (χ0v) is 10.5. The van der Waals surface area contributed by atoms with Crippen molar-refractivity contribution in [2.75, 3.05) is 13.2 Å². The van der Waals surface area contributed by atoms with Crippen LogP contribution in [0.4, 0.5) is 5.69 Å². The molecule has 2 rings (SSSR count). The van der Waals surface area contributed by atoms with Crippen LogP contribution < -0.4 is 10.1 Å². The van der Waals surface area contributed by atoms with E-state index in [0.717, 1.165) is 18.5 Å². The summed E-state index contributed by atoms with van der Waals surface area (Å²) in [5.41, 5.74) is 0.912. The summed E-state index contributed by atoms with van der Waals surface area (Å²) in [6, 6.07) is 5.73. The molecule has 0 radical (unpaired) electrons. The van der Waals surface area contributed by atoms with Gasteiger partial charge in [-0.1, -0.05) is 6.07 Å². The average Bonchev–Trinajstić information content (AvgIpc) is 3.14. The molecule has 5 nitrogen and oxygen atoms in total. The van der Waals surface area contributed by atoms with E-state index in [9.17, 15) is 10.1 Å². The third-order valence-corrected chi connectivity index (χ3v) is 2.90. The Morgan fingerprint density at radius 3 is 2.94 bits per heavy atom. The molecule has 1 aliphatic carbocycles. The number of hydrogen-bond donors (Lipinski definition) is 1. The Morgan fingerprint density at radius 2 is 2.28 bits per heavy atom. The molecule has 0 atom stereocenters. The normalized spacial score (nSPS) is 14.5. The predicted molar refractivity (Wildman–Crippen MR) is 69.0 cm³/mol. The first-order valence-electron chi connectivity index (χ1n) is 6.28. The standard InChI is InChI=1S/C13H18N2O3/c1-10-3-6-13(12(9-10)15(16)17)18-8-2-7-14-11-4-5-11/h3,6,9,11,14H,2,4-5,7-8H2,1H3. The molecular weight excluding hydrogens is 232 g/mol. The molecule has 1 aromatic carbocycles. The van der Waals surface area contributed by atoms with Crippen LogP contribution >= 0.6 is 0 Å². The fraction of sp³-hybridized carbons (Fsp3) is 0.538. The molecule has 1 fully saturated rings. The van der Waals surface area contributed by atoms with Crippen molar-refractivity contribution in [3.8, 4) is 5.75 Å². The Hall–Kier alpha value is -1.62. The van der Waals surface area contributed by atoms with Crippen LogP contribution in [0, 0.1) is 17.0 Å². The number of aryl methyl sites for hydroxylation is 1. The molecule has 0 unspecified atom stereocenters. The molecule has 1 N–H and O–H groups in total. The van der Waals surface area contributed by atoms with Gasteiger partial charge < -0.3 is 10.1 Å². The summed E-state index contributed by atoms with van der Waals surface area (Å²) in [5, 5.41) is 14.2. The monoisotopic (exact) mass is 250 g/mol. The van der Waals surface area contributed by atoms with Crippen molar-refractivity contribution < 1.29 is 9.66 Å². The minimum absolute atomic E-state index is 0.0464. The van der Waals surface area contributed by atoms with Gasteiger partial charge in [0.2, 0.25) is 0 Å². The van der Waals surface area contributed by atoms with Gasteiger partial charge in [0, 0.05) is 12.1 Å². The summed E-state index contributed by atoms with van der Waals surface area (Å²) in [6.07, 6.45) is 3.40. The lowest BCUT2D eigenvalue weighted by atomic mass is 10.2. The largest absolute Gasteiger partial charge is 0.487 e. The summed E-state index contributed by atoms with van der Waals surface area (Å²) in [7, 11) is 0. The van der Waals surface area contributed by atoms with Crippen LogP contribution in [0.1, 0.15) is 24.8 Å². The van der Waals surface area contributed by atoms with Crippen LogP contribution in [-0.4, -0.2) is 24.1 Å². The van der Waals surface area contributed by atoms with Crippen molar-refractivity contribution >= 4 is 5.69 Å². The number of nitrogens with zero attached hydrogens (tertiary/aromatic N) is 1. The second-order valence-corrected chi connectivity index (χ2v) is 4.66. The average molecular weight is 250 g/mol. The Balaban J connectivity index is 1.81. The van der Waals surface area contributed by atoms with E-state index in [1.165, 1.54) is 18.9 Å². The van der Waals surface area contributed by atoms with Crippen LogP contribution in [-0.2, 0) is 0 Å². The van der Waals surface area contributed by atoms with Gasteiger partial charge in [-0.15, -0.1) is 0 Å². The van der Waals surface area contributed by atoms with E-state index >= 15 is 0 Å². The van der Waals surface area contributed by atoms with Gasteiger partial charge in [-0.2, -0.15) is 0 Å². The first kappa shape index (κ1) is 12.8. The third-order valence-electron chi connectivity index (χ3n) is 2.90. The maximum absolute atomic E-state index is 10.9. The van der Waals surface area contributed by atoms with Gasteiger partial charge in [0.25, 0.3) is 0 Å². The van der Waals surface area contributed by atoms with Crippen LogP contribution in [0.2, 0.25) is 0 Å². The fourth-order valence-corrected chi connectivity index (χ4v) is 1.74. The SMILES string of the molecule is Cc1ccc(OCCCNC2CC2)c([N+](=O)[O-])c1. The summed E-state index contributed by atoms with van der Waals surface area (Å²) in [5.74, 6) is 0.358. The van der Waals surface area contributed by atoms with E-state index < -0.39 is 4.92 Å². The van der Waals surface area contributed by atoms with E-state index in [4.69, 9.17) is 4.74 Å². The molecule has 0 saturated heterocycles. The smallest absolute Gasteiger partial charge is 0.311 e. The maximum atomic E-state index is 10.9. The van der Waals surface area contributed by atoms with Gasteiger partial charge in [-0.3, -0.25) is 10.1 Å². The highest BCUT2D eigenvalue weighted by Crippen LogP contribution is 2.27. The number of nitro benzene ring substituents is 1. The van der Waals surface area contributed by atoms with Crippen LogP contribution in [0.15, 0.2) is 18.2 Å². The molecule has 1 aliphatic rings. The topological polar surface area (TPSA) is 64.4 Å². The lowest BCUT2D eigenvalue weighted by molar-refractivity contribution is -0.385. The van der Waals surface area contributed by atoms with E-state index in [-0.39, 0.29) is 5.69 Å². The van der Waals surface area contributed by atoms with Crippen molar-refractivity contribution in [3.63, 3.8) is 0 Å². The maximum Gasteiger partial charge on any atom is 0.311 e. The summed E-state index contributed by atoms with van der Waals surface area (Å²) in [4.78, 5) is 10.5. The quantitative estimate of drug-likeness (QED) is 0.458. The van der Waals surface area contributed by atoms with Gasteiger partial charge in [0.1, 0.15) is 0 Å². The summed E-state index contributed by atoms with van der Waals surface area (Å²) < 4.78 is 5.47. The Bertz CT molecular complexity index is 430. The highest BCUT2D eigenvalue weighted by Gasteiger charge is 2.19. The molecule has 1 aromatic rings. The van der Waals surface area contributed by atoms with Crippen molar-refractivity contribution in [2.45, 2.75) is 32.2 Å². The molecule has 0 aromatic heterocycles. The van der Waals surface area contributed by atoms with E-state index in [1.54, 1.807) is 6.07 Å². The van der Waals surface area contributed by atoms with Gasteiger partial charge >= 0.3 is 5.69 Å². The lowest BCUT2D eigenvalue weighted by Gasteiger charge is -2.07.